The number of cyclic esters (lactones) is 1. The van der Waals surface area contributed by atoms with Crippen molar-refractivity contribution in [3.8, 4) is 0 Å². The molecule has 1 saturated carbocycles. The number of anilines is 2. The molecule has 8 nitrogen and oxygen atoms in total. The number of piperidine rings is 2. The number of nitrogens with zero attached hydrogens (tertiary/aromatic N) is 3. The van der Waals surface area contributed by atoms with Gasteiger partial charge < -0.3 is 19.8 Å². The van der Waals surface area contributed by atoms with Crippen LogP contribution in [0.2, 0.25) is 0 Å². The smallest absolute Gasteiger partial charge is 0.414 e. The van der Waals surface area contributed by atoms with E-state index in [0.717, 1.165) is 12.1 Å². The lowest BCUT2D eigenvalue weighted by atomic mass is 9.69. The Bertz CT molecular complexity index is 816. The van der Waals surface area contributed by atoms with Gasteiger partial charge in [0.15, 0.2) is 0 Å². The van der Waals surface area contributed by atoms with E-state index in [4.69, 9.17) is 9.57 Å². The van der Waals surface area contributed by atoms with Crippen LogP contribution in [0.25, 0.3) is 0 Å². The number of hydrogen-bond donors (Lipinski definition) is 1. The van der Waals surface area contributed by atoms with E-state index in [1.807, 2.05) is 4.90 Å². The Kier molecular flexibility index (Phi) is 4.82. The van der Waals surface area contributed by atoms with Crippen LogP contribution in [0, 0.1) is 17.7 Å². The highest BCUT2D eigenvalue weighted by Crippen LogP contribution is 2.40. The van der Waals surface area contributed by atoms with Gasteiger partial charge in [0.1, 0.15) is 19.0 Å². The van der Waals surface area contributed by atoms with Gasteiger partial charge >= 0.3 is 6.09 Å². The molecule has 2 unspecified atom stereocenters. The van der Waals surface area contributed by atoms with Crippen molar-refractivity contribution < 1.29 is 23.6 Å². The van der Waals surface area contributed by atoms with Crippen molar-refractivity contribution in [1.82, 2.24) is 5.32 Å². The van der Waals surface area contributed by atoms with Crippen molar-refractivity contribution in [1.29, 1.82) is 0 Å². The topological polar surface area (TPSA) is 83.5 Å². The first-order valence-electron chi connectivity index (χ1n) is 9.34. The lowest BCUT2D eigenvalue weighted by Crippen LogP contribution is -2.56. The van der Waals surface area contributed by atoms with Crippen molar-refractivity contribution in [3.05, 3.63) is 24.0 Å². The van der Waals surface area contributed by atoms with Crippen molar-refractivity contribution in [3.63, 3.8) is 0 Å². The molecule has 1 aromatic rings. The molecule has 1 aliphatic carbocycles. The number of nitrogens with one attached hydrogen (secondary N) is 1. The number of benzene rings is 1. The molecule has 2 bridgehead atoms. The van der Waals surface area contributed by atoms with Crippen LogP contribution in [-0.4, -0.2) is 57.1 Å². The molecule has 0 aromatic heterocycles. The number of ether oxygens (including phenoxy) is 1. The molecular formula is C19H23FN4O4. The van der Waals surface area contributed by atoms with Gasteiger partial charge in [-0.3, -0.25) is 9.69 Å². The molecule has 2 amide bonds. The summed E-state index contributed by atoms with van der Waals surface area (Å²) < 4.78 is 20.1. The average molecular weight is 390 g/mol. The van der Waals surface area contributed by atoms with Crippen LogP contribution >= 0.6 is 0 Å². The maximum absolute atomic E-state index is 14.8. The van der Waals surface area contributed by atoms with Crippen molar-refractivity contribution in [2.24, 2.45) is 17.0 Å². The van der Waals surface area contributed by atoms with Crippen LogP contribution in [0.15, 0.2) is 23.4 Å². The minimum absolute atomic E-state index is 0.192. The van der Waals surface area contributed by atoms with Crippen LogP contribution in [0.5, 0.6) is 0 Å². The van der Waals surface area contributed by atoms with Gasteiger partial charge in [-0.05, 0) is 24.6 Å². The van der Waals surface area contributed by atoms with E-state index >= 15 is 0 Å². The second-order valence-electron chi connectivity index (χ2n) is 7.42. The summed E-state index contributed by atoms with van der Waals surface area (Å²) in [4.78, 5) is 31.4. The van der Waals surface area contributed by atoms with E-state index in [1.165, 1.54) is 17.9 Å². The van der Waals surface area contributed by atoms with Gasteiger partial charge in [0.2, 0.25) is 5.91 Å². The number of carbonyl (C=O) groups is 2. The van der Waals surface area contributed by atoms with Gasteiger partial charge in [0.25, 0.3) is 0 Å². The molecule has 3 aliphatic heterocycles. The second-order valence-corrected chi connectivity index (χ2v) is 7.42. The van der Waals surface area contributed by atoms with Crippen molar-refractivity contribution >= 4 is 29.1 Å². The van der Waals surface area contributed by atoms with E-state index in [9.17, 15) is 14.0 Å². The predicted octanol–water partition coefficient (Wildman–Crippen LogP) is 1.75. The number of oxime groups is 1. The minimum Gasteiger partial charge on any atom is -0.442 e. The lowest BCUT2D eigenvalue weighted by molar-refractivity contribution is -0.119. The first kappa shape index (κ1) is 18.5. The molecule has 9 heteroatoms. The summed E-state index contributed by atoms with van der Waals surface area (Å²) in [6.45, 7) is 3.32. The van der Waals surface area contributed by atoms with Crippen LogP contribution < -0.4 is 15.1 Å². The number of rotatable bonds is 5. The minimum atomic E-state index is -0.540. The van der Waals surface area contributed by atoms with Gasteiger partial charge in [-0.15, -0.1) is 0 Å². The summed E-state index contributed by atoms with van der Waals surface area (Å²) in [5, 5.41) is 6.71. The van der Waals surface area contributed by atoms with Gasteiger partial charge in [-0.25, -0.2) is 9.18 Å². The first-order valence-corrected chi connectivity index (χ1v) is 9.34. The summed E-state index contributed by atoms with van der Waals surface area (Å²) in [6, 6.07) is 4.80. The summed E-state index contributed by atoms with van der Waals surface area (Å²) in [6.07, 6.45) is 0.0715. The SMILES string of the molecule is CON=C1C2CC1CN(c1ccc(N3C[C@H](CNC(C)=O)OC3=O)cc1F)C2. The Hall–Kier alpha value is -2.84. The van der Waals surface area contributed by atoms with Gasteiger partial charge in [0.05, 0.1) is 30.2 Å². The van der Waals surface area contributed by atoms with Gasteiger partial charge in [-0.1, -0.05) is 5.16 Å². The highest BCUT2D eigenvalue weighted by atomic mass is 19.1. The molecule has 28 heavy (non-hydrogen) atoms. The molecule has 4 fully saturated rings. The number of halogens is 1. The zero-order chi connectivity index (χ0) is 19.8. The average Bonchev–Trinajstić information content (AvgIpc) is 3.05. The van der Waals surface area contributed by atoms with E-state index in [-0.39, 0.29) is 24.8 Å². The molecule has 150 valence electrons. The Labute approximate surface area is 162 Å². The molecule has 3 atom stereocenters. The van der Waals surface area contributed by atoms with Crippen LogP contribution in [0.3, 0.4) is 0 Å². The van der Waals surface area contributed by atoms with E-state index < -0.39 is 12.2 Å². The fourth-order valence-electron chi connectivity index (χ4n) is 4.17. The molecule has 3 saturated heterocycles. The fraction of sp³-hybridized carbons (Fsp3) is 0.526. The molecule has 3 heterocycles. The van der Waals surface area contributed by atoms with E-state index in [2.05, 4.69) is 10.5 Å². The second kappa shape index (κ2) is 7.29. The first-order chi connectivity index (χ1) is 13.5. The number of hydrogen-bond acceptors (Lipinski definition) is 6. The summed E-state index contributed by atoms with van der Waals surface area (Å²) in [5.41, 5.74) is 2.04. The Balaban J connectivity index is 1.43. The summed E-state index contributed by atoms with van der Waals surface area (Å²) >= 11 is 0. The molecule has 4 aliphatic rings. The summed E-state index contributed by atoms with van der Waals surface area (Å²) in [5.74, 6) is 0.0482. The van der Waals surface area contributed by atoms with Crippen LogP contribution in [-0.2, 0) is 14.4 Å². The van der Waals surface area contributed by atoms with Gasteiger partial charge in [-0.2, -0.15) is 0 Å². The van der Waals surface area contributed by atoms with Crippen LogP contribution in [0.4, 0.5) is 20.6 Å². The third-order valence-corrected chi connectivity index (χ3v) is 5.52. The third kappa shape index (κ3) is 3.36. The van der Waals surface area contributed by atoms with Crippen LogP contribution in [0.1, 0.15) is 13.3 Å². The number of amides is 2. The molecule has 1 N–H and O–H groups in total. The Morgan fingerprint density at radius 3 is 2.75 bits per heavy atom. The quantitative estimate of drug-likeness (QED) is 0.775. The van der Waals surface area contributed by atoms with Gasteiger partial charge in [0, 0.05) is 31.8 Å². The summed E-state index contributed by atoms with van der Waals surface area (Å²) in [7, 11) is 1.54. The molecule has 1 aromatic carbocycles. The maximum atomic E-state index is 14.8. The molecule has 5 rings (SSSR count). The van der Waals surface area contributed by atoms with Crippen molar-refractivity contribution in [2.45, 2.75) is 19.4 Å². The van der Waals surface area contributed by atoms with Crippen molar-refractivity contribution in [2.75, 3.05) is 43.1 Å². The zero-order valence-corrected chi connectivity index (χ0v) is 15.9. The zero-order valence-electron chi connectivity index (χ0n) is 15.9. The monoisotopic (exact) mass is 390 g/mol. The highest BCUT2D eigenvalue weighted by molar-refractivity contribution is 5.96. The Morgan fingerprint density at radius 2 is 2.11 bits per heavy atom. The maximum Gasteiger partial charge on any atom is 0.414 e. The Morgan fingerprint density at radius 1 is 1.36 bits per heavy atom. The number of carbonyl (C=O) groups excluding carboxylic acids is 2. The fourth-order valence-corrected chi connectivity index (χ4v) is 4.17. The number of fused-ring (bicyclic) bond motifs is 2. The molecule has 0 spiro atoms. The third-order valence-electron chi connectivity index (χ3n) is 5.52. The normalized spacial score (nSPS) is 25.9. The standard InChI is InChI=1S/C19H23FN4O4/c1-11(25)21-7-15-10-24(19(26)28-15)14-3-4-17(16(20)6-14)23-8-12-5-13(9-23)18(12)22-27-2/h3-4,6,12-13,15H,5,7-10H2,1-2H3,(H,21,25)/t12?,13?,15-/m0/s1. The molecule has 0 radical (unpaired) electrons. The highest BCUT2D eigenvalue weighted by Gasteiger charge is 2.45. The van der Waals surface area contributed by atoms with E-state index in [0.29, 0.717) is 36.3 Å². The molecular weight excluding hydrogens is 367 g/mol. The van der Waals surface area contributed by atoms with E-state index in [1.54, 1.807) is 19.2 Å². The largest absolute Gasteiger partial charge is 0.442 e. The lowest BCUT2D eigenvalue weighted by Gasteiger charge is -2.48. The predicted molar refractivity (Wildman–Crippen MR) is 101 cm³/mol.